The highest BCUT2D eigenvalue weighted by Crippen LogP contribution is 2.27. The summed E-state index contributed by atoms with van der Waals surface area (Å²) in [6.45, 7) is 0. The van der Waals surface area contributed by atoms with Crippen LogP contribution in [0.4, 0.5) is 5.69 Å². The van der Waals surface area contributed by atoms with Gasteiger partial charge in [-0.15, -0.1) is 0 Å². The molecule has 1 aromatic heterocycles. The van der Waals surface area contributed by atoms with Gasteiger partial charge in [0.25, 0.3) is 5.91 Å². The van der Waals surface area contributed by atoms with Crippen LogP contribution in [0.1, 0.15) is 36.2 Å². The molecular weight excluding hydrogens is 258 g/mol. The zero-order valence-corrected chi connectivity index (χ0v) is 12.3. The minimum absolute atomic E-state index is 0.0659. The summed E-state index contributed by atoms with van der Waals surface area (Å²) in [5, 5.41) is 6.80. The largest absolute Gasteiger partial charge is 0.388 e. The second kappa shape index (κ2) is 6.80. The van der Waals surface area contributed by atoms with Crippen molar-refractivity contribution in [3.63, 3.8) is 0 Å². The Labute approximate surface area is 118 Å². The predicted molar refractivity (Wildman–Crippen MR) is 80.8 cm³/mol. The van der Waals surface area contributed by atoms with Gasteiger partial charge in [-0.25, -0.2) is 0 Å². The van der Waals surface area contributed by atoms with Crippen molar-refractivity contribution >= 4 is 23.4 Å². The van der Waals surface area contributed by atoms with Crippen LogP contribution in [-0.2, 0) is 0 Å². The van der Waals surface area contributed by atoms with E-state index in [1.165, 1.54) is 12.8 Å². The van der Waals surface area contributed by atoms with E-state index in [2.05, 4.69) is 21.9 Å². The summed E-state index contributed by atoms with van der Waals surface area (Å²) in [5.41, 5.74) is 1.39. The molecule has 4 nitrogen and oxygen atoms in total. The van der Waals surface area contributed by atoms with E-state index in [1.54, 1.807) is 12.3 Å². The Morgan fingerprint density at radius 1 is 1.47 bits per heavy atom. The Kier molecular flexibility index (Phi) is 5.07. The van der Waals surface area contributed by atoms with Crippen LogP contribution in [-0.4, -0.2) is 35.5 Å². The number of aromatic nitrogens is 1. The molecule has 0 aromatic carbocycles. The van der Waals surface area contributed by atoms with Crippen LogP contribution in [0.15, 0.2) is 18.3 Å². The first-order valence-corrected chi connectivity index (χ1v) is 7.99. The van der Waals surface area contributed by atoms with E-state index in [1.807, 2.05) is 24.9 Å². The average molecular weight is 279 g/mol. The minimum atomic E-state index is -0.0659. The summed E-state index contributed by atoms with van der Waals surface area (Å²) in [7, 11) is 1.83. The van der Waals surface area contributed by atoms with Crippen LogP contribution >= 0.6 is 11.8 Å². The van der Waals surface area contributed by atoms with Crippen molar-refractivity contribution in [3.8, 4) is 0 Å². The number of hydrogen-bond acceptors (Lipinski definition) is 4. The molecule has 1 aliphatic carbocycles. The Balaban J connectivity index is 1.96. The molecule has 2 atom stereocenters. The van der Waals surface area contributed by atoms with Gasteiger partial charge in [0, 0.05) is 30.2 Å². The van der Waals surface area contributed by atoms with Gasteiger partial charge in [-0.1, -0.05) is 6.42 Å². The molecule has 1 amide bonds. The van der Waals surface area contributed by atoms with E-state index in [4.69, 9.17) is 0 Å². The first-order valence-electron chi connectivity index (χ1n) is 6.70. The Bertz CT molecular complexity index is 438. The third kappa shape index (κ3) is 3.86. The van der Waals surface area contributed by atoms with Crippen LogP contribution in [0, 0.1) is 0 Å². The second-order valence-electron chi connectivity index (χ2n) is 4.87. The number of pyridine rings is 1. The van der Waals surface area contributed by atoms with E-state index >= 15 is 0 Å². The van der Waals surface area contributed by atoms with Gasteiger partial charge < -0.3 is 10.6 Å². The number of amides is 1. The molecule has 0 bridgehead atoms. The number of nitrogens with zero attached hydrogens (tertiary/aromatic N) is 1. The van der Waals surface area contributed by atoms with E-state index in [-0.39, 0.29) is 5.91 Å². The fourth-order valence-corrected chi connectivity index (χ4v) is 3.29. The smallest absolute Gasteiger partial charge is 0.270 e. The SMILES string of the molecule is CNc1ccnc(C(=O)NC2CCCC(SC)C2)c1. The van der Waals surface area contributed by atoms with Crippen LogP contribution in [0.5, 0.6) is 0 Å². The summed E-state index contributed by atoms with van der Waals surface area (Å²) < 4.78 is 0. The van der Waals surface area contributed by atoms with E-state index < -0.39 is 0 Å². The topological polar surface area (TPSA) is 54.0 Å². The number of rotatable bonds is 4. The fourth-order valence-electron chi connectivity index (χ4n) is 2.46. The fraction of sp³-hybridized carbons (Fsp3) is 0.571. The van der Waals surface area contributed by atoms with Crippen molar-refractivity contribution in [3.05, 3.63) is 24.0 Å². The van der Waals surface area contributed by atoms with Crippen molar-refractivity contribution in [2.75, 3.05) is 18.6 Å². The highest BCUT2D eigenvalue weighted by Gasteiger charge is 2.23. The zero-order chi connectivity index (χ0) is 13.7. The number of carbonyl (C=O) groups excluding carboxylic acids is 1. The third-order valence-corrected chi connectivity index (χ3v) is 4.67. The van der Waals surface area contributed by atoms with Crippen molar-refractivity contribution in [1.29, 1.82) is 0 Å². The maximum absolute atomic E-state index is 12.2. The van der Waals surface area contributed by atoms with Gasteiger partial charge in [-0.05, 0) is 37.7 Å². The second-order valence-corrected chi connectivity index (χ2v) is 6.01. The molecule has 1 heterocycles. The van der Waals surface area contributed by atoms with Crippen LogP contribution in [0.3, 0.4) is 0 Å². The van der Waals surface area contributed by atoms with Gasteiger partial charge in [0.1, 0.15) is 5.69 Å². The van der Waals surface area contributed by atoms with E-state index in [0.717, 1.165) is 18.5 Å². The van der Waals surface area contributed by atoms with Gasteiger partial charge in [0.2, 0.25) is 0 Å². The van der Waals surface area contributed by atoms with Gasteiger partial charge in [-0.3, -0.25) is 9.78 Å². The minimum Gasteiger partial charge on any atom is -0.388 e. The lowest BCUT2D eigenvalue weighted by Gasteiger charge is -2.28. The molecule has 0 saturated heterocycles. The van der Waals surface area contributed by atoms with Crippen molar-refractivity contribution < 1.29 is 4.79 Å². The number of thioether (sulfide) groups is 1. The van der Waals surface area contributed by atoms with Crippen LogP contribution < -0.4 is 10.6 Å². The molecule has 1 saturated carbocycles. The lowest BCUT2D eigenvalue weighted by atomic mass is 9.95. The molecule has 104 valence electrons. The standard InChI is InChI=1S/C14H21N3OS/c1-15-10-6-7-16-13(9-10)14(18)17-11-4-3-5-12(8-11)19-2/h6-7,9,11-12H,3-5,8H2,1-2H3,(H,15,16)(H,17,18). The molecular formula is C14H21N3OS. The van der Waals surface area contributed by atoms with Crippen molar-refractivity contribution in [2.45, 2.75) is 37.0 Å². The van der Waals surface area contributed by atoms with Gasteiger partial charge in [0.05, 0.1) is 0 Å². The molecule has 0 spiro atoms. The maximum atomic E-state index is 12.2. The summed E-state index contributed by atoms with van der Waals surface area (Å²) >= 11 is 1.90. The first-order chi connectivity index (χ1) is 9.22. The number of hydrogen-bond donors (Lipinski definition) is 2. The monoisotopic (exact) mass is 279 g/mol. The molecule has 2 unspecified atom stereocenters. The van der Waals surface area contributed by atoms with E-state index in [9.17, 15) is 4.79 Å². The predicted octanol–water partition coefficient (Wildman–Crippen LogP) is 2.53. The summed E-state index contributed by atoms with van der Waals surface area (Å²) in [5.74, 6) is -0.0659. The number of carbonyl (C=O) groups is 1. The average Bonchev–Trinajstić information content (AvgIpc) is 2.47. The molecule has 19 heavy (non-hydrogen) atoms. The number of nitrogens with one attached hydrogen (secondary N) is 2. The summed E-state index contributed by atoms with van der Waals surface area (Å²) in [4.78, 5) is 16.3. The van der Waals surface area contributed by atoms with Crippen molar-refractivity contribution in [2.24, 2.45) is 0 Å². The van der Waals surface area contributed by atoms with Gasteiger partial charge in [0.15, 0.2) is 0 Å². The molecule has 0 radical (unpaired) electrons. The zero-order valence-electron chi connectivity index (χ0n) is 11.5. The van der Waals surface area contributed by atoms with Gasteiger partial charge >= 0.3 is 0 Å². The lowest BCUT2D eigenvalue weighted by molar-refractivity contribution is 0.0923. The highest BCUT2D eigenvalue weighted by molar-refractivity contribution is 7.99. The molecule has 2 N–H and O–H groups in total. The van der Waals surface area contributed by atoms with Crippen LogP contribution in [0.2, 0.25) is 0 Å². The summed E-state index contributed by atoms with van der Waals surface area (Å²) in [6.07, 6.45) is 8.41. The molecule has 5 heteroatoms. The molecule has 1 aliphatic rings. The normalized spacial score (nSPS) is 22.8. The summed E-state index contributed by atoms with van der Waals surface area (Å²) in [6, 6.07) is 3.92. The molecule has 0 aliphatic heterocycles. The first kappa shape index (κ1) is 14.2. The molecule has 1 fully saturated rings. The molecule has 1 aromatic rings. The Morgan fingerprint density at radius 3 is 3.05 bits per heavy atom. The molecule has 2 rings (SSSR count). The highest BCUT2D eigenvalue weighted by atomic mass is 32.2. The van der Waals surface area contributed by atoms with Crippen LogP contribution in [0.25, 0.3) is 0 Å². The Morgan fingerprint density at radius 2 is 2.32 bits per heavy atom. The maximum Gasteiger partial charge on any atom is 0.270 e. The third-order valence-electron chi connectivity index (χ3n) is 3.58. The van der Waals surface area contributed by atoms with E-state index in [0.29, 0.717) is 17.0 Å². The lowest BCUT2D eigenvalue weighted by Crippen LogP contribution is -2.39. The number of anilines is 1. The Hall–Kier alpha value is -1.23. The quantitative estimate of drug-likeness (QED) is 0.889. The van der Waals surface area contributed by atoms with Crippen molar-refractivity contribution in [1.82, 2.24) is 10.3 Å². The van der Waals surface area contributed by atoms with Gasteiger partial charge in [-0.2, -0.15) is 11.8 Å².